The number of amides is 1. The minimum Gasteiger partial charge on any atom is -0.502 e. The van der Waals surface area contributed by atoms with E-state index in [0.29, 0.717) is 25.1 Å². The van der Waals surface area contributed by atoms with Gasteiger partial charge in [0.05, 0.1) is 18.4 Å². The smallest absolute Gasteiger partial charge is 0.254 e. The lowest BCUT2D eigenvalue weighted by Crippen LogP contribution is -2.26. The molecule has 1 aromatic carbocycles. The fourth-order valence-electron chi connectivity index (χ4n) is 1.36. The predicted molar refractivity (Wildman–Crippen MR) is 64.2 cm³/mol. The summed E-state index contributed by atoms with van der Waals surface area (Å²) in [5.41, 5.74) is 0.544. The fourth-order valence-corrected chi connectivity index (χ4v) is 1.36. The van der Waals surface area contributed by atoms with Gasteiger partial charge < -0.3 is 10.1 Å². The molecule has 0 unspecified atom stereocenters. The van der Waals surface area contributed by atoms with Crippen molar-refractivity contribution in [1.29, 1.82) is 0 Å². The van der Waals surface area contributed by atoms with Crippen LogP contribution in [-0.2, 0) is 4.74 Å². The molecule has 1 amide bonds. The zero-order valence-electron chi connectivity index (χ0n) is 9.83. The van der Waals surface area contributed by atoms with E-state index in [1.807, 2.05) is 0 Å². The maximum Gasteiger partial charge on any atom is 0.254 e. The summed E-state index contributed by atoms with van der Waals surface area (Å²) in [7, 11) is 0. The fraction of sp³-hybridized carbons (Fsp3) is 0.308. The molecule has 92 valence electrons. The van der Waals surface area contributed by atoms with Crippen LogP contribution >= 0.6 is 0 Å². The van der Waals surface area contributed by atoms with Crippen molar-refractivity contribution < 1.29 is 13.9 Å². The molecule has 4 heteroatoms. The van der Waals surface area contributed by atoms with Crippen LogP contribution in [0.3, 0.4) is 0 Å². The molecule has 3 nitrogen and oxygen atoms in total. The van der Waals surface area contributed by atoms with Crippen molar-refractivity contribution in [1.82, 2.24) is 5.32 Å². The number of aryl methyl sites for hydroxylation is 1. The third kappa shape index (κ3) is 3.90. The number of hydrogen-bond acceptors (Lipinski definition) is 2. The molecule has 0 radical (unpaired) electrons. The highest BCUT2D eigenvalue weighted by atomic mass is 19.1. The van der Waals surface area contributed by atoms with Gasteiger partial charge in [0.25, 0.3) is 5.91 Å². The first-order chi connectivity index (χ1) is 8.16. The second-order valence-electron chi connectivity index (χ2n) is 3.58. The molecule has 0 bridgehead atoms. The number of ether oxygens (including phenoxy) is 1. The Kier molecular flexibility index (Phi) is 5.20. The maximum absolute atomic E-state index is 13.6. The molecule has 1 N–H and O–H groups in total. The average Bonchev–Trinajstić information content (AvgIpc) is 2.32. The lowest BCUT2D eigenvalue weighted by atomic mass is 10.1. The Bertz CT molecular complexity index is 404. The summed E-state index contributed by atoms with van der Waals surface area (Å²) < 4.78 is 18.5. The molecule has 0 aliphatic carbocycles. The Morgan fingerprint density at radius 2 is 2.35 bits per heavy atom. The van der Waals surface area contributed by atoms with Crippen molar-refractivity contribution in [2.75, 3.05) is 13.2 Å². The standard InChI is InChI=1S/C13H16FNO2/c1-3-17-9-5-8-15-13(16)11-7-4-6-10(2)12(11)14/h3-4,6-7H,1,5,8-9H2,2H3,(H,15,16). The molecule has 0 aliphatic rings. The molecule has 0 aromatic heterocycles. The maximum atomic E-state index is 13.6. The van der Waals surface area contributed by atoms with E-state index in [1.165, 1.54) is 12.3 Å². The number of halogens is 1. The largest absolute Gasteiger partial charge is 0.502 e. The summed E-state index contributed by atoms with van der Waals surface area (Å²) in [6.07, 6.45) is 2.01. The molecule has 0 atom stereocenters. The third-order valence-electron chi connectivity index (χ3n) is 2.28. The lowest BCUT2D eigenvalue weighted by molar-refractivity contribution is 0.0946. The molecule has 0 spiro atoms. The van der Waals surface area contributed by atoms with Gasteiger partial charge in [0.1, 0.15) is 5.82 Å². The molecule has 17 heavy (non-hydrogen) atoms. The first-order valence-corrected chi connectivity index (χ1v) is 5.42. The van der Waals surface area contributed by atoms with E-state index in [9.17, 15) is 9.18 Å². The summed E-state index contributed by atoms with van der Waals surface area (Å²) in [5.74, 6) is -0.864. The minimum atomic E-state index is -0.465. The van der Waals surface area contributed by atoms with Gasteiger partial charge in [-0.2, -0.15) is 0 Å². The summed E-state index contributed by atoms with van der Waals surface area (Å²) in [6, 6.07) is 4.76. The Morgan fingerprint density at radius 3 is 3.06 bits per heavy atom. The molecule has 1 aromatic rings. The Hall–Kier alpha value is -1.84. The molecule has 0 saturated carbocycles. The molecular weight excluding hydrogens is 221 g/mol. The van der Waals surface area contributed by atoms with Crippen LogP contribution in [-0.4, -0.2) is 19.1 Å². The Balaban J connectivity index is 2.47. The van der Waals surface area contributed by atoms with Crippen LogP contribution in [0.15, 0.2) is 31.0 Å². The topological polar surface area (TPSA) is 38.3 Å². The first-order valence-electron chi connectivity index (χ1n) is 5.42. The zero-order chi connectivity index (χ0) is 12.7. The molecular formula is C13H16FNO2. The van der Waals surface area contributed by atoms with Crippen LogP contribution < -0.4 is 5.32 Å². The Labute approximate surface area is 100 Å². The van der Waals surface area contributed by atoms with Crippen molar-refractivity contribution in [3.63, 3.8) is 0 Å². The summed E-state index contributed by atoms with van der Waals surface area (Å²) in [5, 5.41) is 2.63. The van der Waals surface area contributed by atoms with Crippen LogP contribution in [0.5, 0.6) is 0 Å². The molecule has 0 heterocycles. The first kappa shape index (κ1) is 13.2. The number of hydrogen-bond donors (Lipinski definition) is 1. The van der Waals surface area contributed by atoms with Crippen LogP contribution in [0.2, 0.25) is 0 Å². The monoisotopic (exact) mass is 237 g/mol. The molecule has 0 saturated heterocycles. The normalized spacial score (nSPS) is 9.76. The number of carbonyl (C=O) groups is 1. The van der Waals surface area contributed by atoms with Gasteiger partial charge in [0.2, 0.25) is 0 Å². The van der Waals surface area contributed by atoms with Gasteiger partial charge in [-0.15, -0.1) is 0 Å². The highest BCUT2D eigenvalue weighted by Gasteiger charge is 2.11. The van der Waals surface area contributed by atoms with Crippen LogP contribution in [0, 0.1) is 12.7 Å². The van der Waals surface area contributed by atoms with Gasteiger partial charge in [-0.05, 0) is 25.0 Å². The van der Waals surface area contributed by atoms with Crippen molar-refractivity contribution >= 4 is 5.91 Å². The van der Waals surface area contributed by atoms with Crippen LogP contribution in [0.25, 0.3) is 0 Å². The highest BCUT2D eigenvalue weighted by Crippen LogP contribution is 2.11. The number of rotatable bonds is 6. The van der Waals surface area contributed by atoms with E-state index in [1.54, 1.807) is 19.1 Å². The summed E-state index contributed by atoms with van der Waals surface area (Å²) >= 11 is 0. The minimum absolute atomic E-state index is 0.0784. The van der Waals surface area contributed by atoms with Crippen LogP contribution in [0.4, 0.5) is 4.39 Å². The molecule has 1 rings (SSSR count). The van der Waals surface area contributed by atoms with Gasteiger partial charge in [-0.25, -0.2) is 4.39 Å². The molecule has 0 aliphatic heterocycles. The van der Waals surface area contributed by atoms with Gasteiger partial charge in [-0.3, -0.25) is 4.79 Å². The Morgan fingerprint density at radius 1 is 1.59 bits per heavy atom. The van der Waals surface area contributed by atoms with Crippen molar-refractivity contribution in [2.45, 2.75) is 13.3 Å². The second-order valence-corrected chi connectivity index (χ2v) is 3.58. The summed E-state index contributed by atoms with van der Waals surface area (Å²) in [4.78, 5) is 11.6. The van der Waals surface area contributed by atoms with E-state index in [2.05, 4.69) is 11.9 Å². The second kappa shape index (κ2) is 6.68. The van der Waals surface area contributed by atoms with Crippen molar-refractivity contribution in [2.24, 2.45) is 0 Å². The van der Waals surface area contributed by atoms with E-state index >= 15 is 0 Å². The van der Waals surface area contributed by atoms with Gasteiger partial charge >= 0.3 is 0 Å². The van der Waals surface area contributed by atoms with Gasteiger partial charge in [0.15, 0.2) is 0 Å². The van der Waals surface area contributed by atoms with E-state index in [4.69, 9.17) is 4.74 Å². The number of benzene rings is 1. The van der Waals surface area contributed by atoms with Crippen molar-refractivity contribution in [3.05, 3.63) is 48.0 Å². The number of nitrogens with one attached hydrogen (secondary N) is 1. The van der Waals surface area contributed by atoms with Gasteiger partial charge in [0, 0.05) is 6.54 Å². The zero-order valence-corrected chi connectivity index (χ0v) is 9.83. The summed E-state index contributed by atoms with van der Waals surface area (Å²) in [6.45, 7) is 5.96. The average molecular weight is 237 g/mol. The number of carbonyl (C=O) groups excluding carboxylic acids is 1. The lowest BCUT2D eigenvalue weighted by Gasteiger charge is -2.07. The van der Waals surface area contributed by atoms with Gasteiger partial charge in [-0.1, -0.05) is 18.7 Å². The third-order valence-corrected chi connectivity index (χ3v) is 2.28. The van der Waals surface area contributed by atoms with E-state index in [0.717, 1.165) is 0 Å². The van der Waals surface area contributed by atoms with E-state index < -0.39 is 11.7 Å². The quantitative estimate of drug-likeness (QED) is 0.609. The predicted octanol–water partition coefficient (Wildman–Crippen LogP) is 2.41. The van der Waals surface area contributed by atoms with Crippen molar-refractivity contribution in [3.8, 4) is 0 Å². The highest BCUT2D eigenvalue weighted by molar-refractivity contribution is 5.94. The SMILES string of the molecule is C=COCCCNC(=O)c1cccc(C)c1F. The van der Waals surface area contributed by atoms with E-state index in [-0.39, 0.29) is 5.56 Å². The molecule has 0 fully saturated rings. The van der Waals surface area contributed by atoms with Crippen LogP contribution in [0.1, 0.15) is 22.3 Å².